The minimum Gasteiger partial charge on any atom is -0.396 e. The van der Waals surface area contributed by atoms with Crippen LogP contribution in [0.4, 0.5) is 0 Å². The number of hydrogen-bond donors (Lipinski definition) is 3. The summed E-state index contributed by atoms with van der Waals surface area (Å²) in [5.41, 5.74) is 6.21. The number of aliphatic hydroxyl groups excluding tert-OH is 1. The molecular weight excluding hydrogens is 224 g/mol. The molecular formula is C15H32N2O. The molecule has 1 saturated carbocycles. The average Bonchev–Trinajstić information content (AvgIpc) is 2.59. The van der Waals surface area contributed by atoms with Crippen LogP contribution in [0.5, 0.6) is 0 Å². The summed E-state index contributed by atoms with van der Waals surface area (Å²) in [5, 5.41) is 12.5. The second-order valence-electron chi connectivity index (χ2n) is 5.93. The lowest BCUT2D eigenvalue weighted by Crippen LogP contribution is -2.51. The van der Waals surface area contributed by atoms with Gasteiger partial charge >= 0.3 is 0 Å². The van der Waals surface area contributed by atoms with E-state index in [9.17, 15) is 0 Å². The molecule has 1 aliphatic carbocycles. The summed E-state index contributed by atoms with van der Waals surface area (Å²) < 4.78 is 0. The molecule has 0 amide bonds. The van der Waals surface area contributed by atoms with Gasteiger partial charge in [0, 0.05) is 18.7 Å². The van der Waals surface area contributed by atoms with Gasteiger partial charge in [-0.2, -0.15) is 0 Å². The van der Waals surface area contributed by atoms with Gasteiger partial charge in [-0.15, -0.1) is 0 Å². The van der Waals surface area contributed by atoms with Gasteiger partial charge < -0.3 is 16.2 Å². The smallest absolute Gasteiger partial charge is 0.0431 e. The Morgan fingerprint density at radius 3 is 2.78 bits per heavy atom. The van der Waals surface area contributed by atoms with Crippen molar-refractivity contribution in [3.05, 3.63) is 0 Å². The zero-order chi connectivity index (χ0) is 13.3. The predicted molar refractivity (Wildman–Crippen MR) is 77.6 cm³/mol. The SMILES string of the molecule is CCCC1CCCC(CN)(NCCCCO)CC1. The monoisotopic (exact) mass is 256 g/mol. The van der Waals surface area contributed by atoms with Crippen molar-refractivity contribution in [3.8, 4) is 0 Å². The Hall–Kier alpha value is -0.120. The molecule has 0 radical (unpaired) electrons. The minimum absolute atomic E-state index is 0.179. The number of hydrogen-bond acceptors (Lipinski definition) is 3. The highest BCUT2D eigenvalue weighted by molar-refractivity contribution is 4.91. The molecule has 4 N–H and O–H groups in total. The van der Waals surface area contributed by atoms with Crippen molar-refractivity contribution in [1.29, 1.82) is 0 Å². The lowest BCUT2D eigenvalue weighted by atomic mass is 9.89. The van der Waals surface area contributed by atoms with E-state index in [1.807, 2.05) is 0 Å². The highest BCUT2D eigenvalue weighted by Crippen LogP contribution is 2.32. The van der Waals surface area contributed by atoms with Gasteiger partial charge in [0.25, 0.3) is 0 Å². The molecule has 0 aliphatic heterocycles. The maximum atomic E-state index is 8.81. The Morgan fingerprint density at radius 2 is 2.11 bits per heavy atom. The molecule has 0 spiro atoms. The number of aliphatic hydroxyl groups is 1. The van der Waals surface area contributed by atoms with Crippen LogP contribution in [-0.4, -0.2) is 30.3 Å². The molecule has 0 saturated heterocycles. The Morgan fingerprint density at radius 1 is 1.28 bits per heavy atom. The number of nitrogens with two attached hydrogens (primary N) is 1. The third-order valence-electron chi connectivity index (χ3n) is 4.47. The van der Waals surface area contributed by atoms with Crippen LogP contribution in [0.2, 0.25) is 0 Å². The van der Waals surface area contributed by atoms with Crippen molar-refractivity contribution in [3.63, 3.8) is 0 Å². The molecule has 0 aromatic carbocycles. The zero-order valence-electron chi connectivity index (χ0n) is 12.1. The predicted octanol–water partition coefficient (Wildman–Crippen LogP) is 2.43. The Labute approximate surface area is 113 Å². The van der Waals surface area contributed by atoms with Crippen LogP contribution in [0.15, 0.2) is 0 Å². The topological polar surface area (TPSA) is 58.3 Å². The quantitative estimate of drug-likeness (QED) is 0.462. The molecule has 0 aromatic heterocycles. The van der Waals surface area contributed by atoms with Crippen molar-refractivity contribution in [1.82, 2.24) is 5.32 Å². The maximum Gasteiger partial charge on any atom is 0.0431 e. The first-order valence-corrected chi connectivity index (χ1v) is 7.82. The summed E-state index contributed by atoms with van der Waals surface area (Å²) in [6.45, 7) is 4.34. The first kappa shape index (κ1) is 15.9. The van der Waals surface area contributed by atoms with Gasteiger partial charge in [-0.1, -0.05) is 32.6 Å². The zero-order valence-corrected chi connectivity index (χ0v) is 12.1. The molecule has 2 atom stereocenters. The molecule has 0 heterocycles. The van der Waals surface area contributed by atoms with Crippen LogP contribution in [0.1, 0.15) is 64.7 Å². The van der Waals surface area contributed by atoms with Crippen molar-refractivity contribution >= 4 is 0 Å². The number of unbranched alkanes of at least 4 members (excludes halogenated alkanes) is 1. The summed E-state index contributed by atoms with van der Waals surface area (Å²) in [7, 11) is 0. The molecule has 3 nitrogen and oxygen atoms in total. The third-order valence-corrected chi connectivity index (χ3v) is 4.47. The van der Waals surface area contributed by atoms with Crippen molar-refractivity contribution in [2.45, 2.75) is 70.3 Å². The summed E-state index contributed by atoms with van der Waals surface area (Å²) in [5.74, 6) is 0.919. The van der Waals surface area contributed by atoms with Gasteiger partial charge in [0.05, 0.1) is 0 Å². The minimum atomic E-state index is 0.179. The second kappa shape index (κ2) is 8.89. The van der Waals surface area contributed by atoms with Gasteiger partial charge in [0.15, 0.2) is 0 Å². The van der Waals surface area contributed by atoms with E-state index in [0.717, 1.165) is 31.8 Å². The van der Waals surface area contributed by atoms with Gasteiger partial charge in [0.2, 0.25) is 0 Å². The first-order chi connectivity index (χ1) is 8.76. The van der Waals surface area contributed by atoms with Gasteiger partial charge in [-0.05, 0) is 44.6 Å². The van der Waals surface area contributed by atoms with Gasteiger partial charge in [-0.3, -0.25) is 0 Å². The van der Waals surface area contributed by atoms with Crippen LogP contribution in [0.3, 0.4) is 0 Å². The van der Waals surface area contributed by atoms with Crippen LogP contribution < -0.4 is 11.1 Å². The average molecular weight is 256 g/mol. The maximum absolute atomic E-state index is 8.81. The number of rotatable bonds is 8. The van der Waals surface area contributed by atoms with E-state index >= 15 is 0 Å². The van der Waals surface area contributed by atoms with Crippen LogP contribution in [0.25, 0.3) is 0 Å². The molecule has 0 bridgehead atoms. The molecule has 2 unspecified atom stereocenters. The van der Waals surface area contributed by atoms with E-state index in [-0.39, 0.29) is 5.54 Å². The highest BCUT2D eigenvalue weighted by atomic mass is 16.2. The Balaban J connectivity index is 2.38. The molecule has 108 valence electrons. The normalized spacial score (nSPS) is 29.2. The van der Waals surface area contributed by atoms with Crippen LogP contribution >= 0.6 is 0 Å². The fraction of sp³-hybridized carbons (Fsp3) is 1.00. The molecule has 3 heteroatoms. The fourth-order valence-corrected chi connectivity index (χ4v) is 3.22. The number of nitrogens with one attached hydrogen (secondary N) is 1. The Bertz CT molecular complexity index is 211. The molecule has 1 fully saturated rings. The molecule has 0 aromatic rings. The van der Waals surface area contributed by atoms with Crippen molar-refractivity contribution in [2.75, 3.05) is 19.7 Å². The van der Waals surface area contributed by atoms with Gasteiger partial charge in [-0.25, -0.2) is 0 Å². The van der Waals surface area contributed by atoms with Crippen LogP contribution in [0, 0.1) is 5.92 Å². The highest BCUT2D eigenvalue weighted by Gasteiger charge is 2.30. The van der Waals surface area contributed by atoms with E-state index in [2.05, 4.69) is 12.2 Å². The van der Waals surface area contributed by atoms with E-state index in [0.29, 0.717) is 6.61 Å². The van der Waals surface area contributed by atoms with Gasteiger partial charge in [0.1, 0.15) is 0 Å². The summed E-state index contributed by atoms with van der Waals surface area (Å²) in [6, 6.07) is 0. The largest absolute Gasteiger partial charge is 0.396 e. The standard InChI is InChI=1S/C15H32N2O/c1-2-6-14-7-5-9-15(13-16,10-8-14)17-11-3-4-12-18/h14,17-18H,2-13,16H2,1H3. The fourth-order valence-electron chi connectivity index (χ4n) is 3.22. The van der Waals surface area contributed by atoms with E-state index < -0.39 is 0 Å². The van der Waals surface area contributed by atoms with Crippen molar-refractivity contribution < 1.29 is 5.11 Å². The van der Waals surface area contributed by atoms with Crippen LogP contribution in [-0.2, 0) is 0 Å². The lowest BCUT2D eigenvalue weighted by Gasteiger charge is -2.33. The van der Waals surface area contributed by atoms with E-state index in [1.165, 1.54) is 44.9 Å². The molecule has 1 rings (SSSR count). The molecule has 18 heavy (non-hydrogen) atoms. The summed E-state index contributed by atoms with van der Waals surface area (Å²) >= 11 is 0. The second-order valence-corrected chi connectivity index (χ2v) is 5.93. The summed E-state index contributed by atoms with van der Waals surface area (Å²) in [4.78, 5) is 0. The summed E-state index contributed by atoms with van der Waals surface area (Å²) in [6.07, 6.45) is 11.1. The van der Waals surface area contributed by atoms with E-state index in [4.69, 9.17) is 10.8 Å². The molecule has 1 aliphatic rings. The van der Waals surface area contributed by atoms with E-state index in [1.54, 1.807) is 0 Å². The van der Waals surface area contributed by atoms with Crippen molar-refractivity contribution in [2.24, 2.45) is 11.7 Å². The first-order valence-electron chi connectivity index (χ1n) is 7.82. The lowest BCUT2D eigenvalue weighted by molar-refractivity contribution is 0.262. The Kier molecular flexibility index (Phi) is 7.87. The third kappa shape index (κ3) is 5.25.